The fourth-order valence-electron chi connectivity index (χ4n) is 10.3. The Morgan fingerprint density at radius 1 is 0.535 bits per heavy atom. The zero-order valence-corrected chi connectivity index (χ0v) is 63.1. The van der Waals surface area contributed by atoms with Gasteiger partial charge in [0, 0.05) is 74.9 Å². The number of rotatable bonds is 26. The Morgan fingerprint density at radius 2 is 0.889 bits per heavy atom. The molecule has 6 aromatic rings. The predicted octanol–water partition coefficient (Wildman–Crippen LogP) is 11.5. The van der Waals surface area contributed by atoms with Crippen LogP contribution in [0.2, 0.25) is 0 Å². The van der Waals surface area contributed by atoms with E-state index in [0.29, 0.717) is 78.0 Å². The van der Waals surface area contributed by atoms with Crippen molar-refractivity contribution in [1.29, 1.82) is 0 Å². The number of aryl methyl sites for hydroxylation is 3. The van der Waals surface area contributed by atoms with Crippen molar-refractivity contribution in [2.24, 2.45) is 16.7 Å². The van der Waals surface area contributed by atoms with Crippen molar-refractivity contribution in [3.05, 3.63) is 166 Å². The fourth-order valence-corrected chi connectivity index (χ4v) is 10.7. The summed E-state index contributed by atoms with van der Waals surface area (Å²) in [6.07, 6.45) is 10.7. The highest BCUT2D eigenvalue weighted by Gasteiger charge is 2.48. The SMILES string of the molecule is CCOC(=O)C(C)(C[C@H]1CN(c2cncc(OCc3ccc(C)cc3)c2)CCO1)C(=O)OCC.CCOC(=O)C(C)(C[C@H]1CNCCO1)C(=O)OCC.Cc1ccc(COc2cncc(Br)c2)cc1.Cc1ccc(COc2cncc(N3CCO[C@@H](CC(C)C(=O)O)C3)c2)cc1.S.S.S. The van der Waals surface area contributed by atoms with Crippen LogP contribution in [0, 0.1) is 37.5 Å². The van der Waals surface area contributed by atoms with Gasteiger partial charge in [0.2, 0.25) is 0 Å². The molecule has 0 aliphatic carbocycles. The van der Waals surface area contributed by atoms with Crippen LogP contribution in [0.15, 0.2) is 133 Å². The summed E-state index contributed by atoms with van der Waals surface area (Å²) < 4.78 is 55.9. The second-order valence-electron chi connectivity index (χ2n) is 23.9. The Morgan fingerprint density at radius 3 is 1.25 bits per heavy atom. The van der Waals surface area contributed by atoms with E-state index in [4.69, 9.17) is 52.5 Å². The summed E-state index contributed by atoms with van der Waals surface area (Å²) in [7, 11) is 0. The molecular weight excluding hydrogens is 1390 g/mol. The number of carbonyl (C=O) groups is 5. The second-order valence-corrected chi connectivity index (χ2v) is 24.8. The third-order valence-corrected chi connectivity index (χ3v) is 16.3. The van der Waals surface area contributed by atoms with Crippen molar-refractivity contribution < 1.29 is 76.4 Å². The minimum Gasteiger partial charge on any atom is -0.487 e. The molecule has 3 fully saturated rings. The molecule has 26 heteroatoms. The van der Waals surface area contributed by atoms with Gasteiger partial charge in [0.25, 0.3) is 0 Å². The van der Waals surface area contributed by atoms with Crippen LogP contribution in [0.25, 0.3) is 0 Å². The number of aliphatic carboxylic acids is 1. The maximum absolute atomic E-state index is 12.6. The van der Waals surface area contributed by atoms with Gasteiger partial charge in [0.15, 0.2) is 10.8 Å². The Labute approximate surface area is 612 Å². The lowest BCUT2D eigenvalue weighted by molar-refractivity contribution is -0.175. The first-order chi connectivity index (χ1) is 46.1. The van der Waals surface area contributed by atoms with Crippen LogP contribution >= 0.6 is 56.4 Å². The normalized spacial score (nSPS) is 15.9. The van der Waals surface area contributed by atoms with Gasteiger partial charge in [0.05, 0.1) is 113 Å². The van der Waals surface area contributed by atoms with Gasteiger partial charge in [-0.15, -0.1) is 0 Å². The summed E-state index contributed by atoms with van der Waals surface area (Å²) in [5, 5.41) is 12.3. The van der Waals surface area contributed by atoms with Gasteiger partial charge >= 0.3 is 29.8 Å². The smallest absolute Gasteiger partial charge is 0.323 e. The highest BCUT2D eigenvalue weighted by atomic mass is 79.9. The Bertz CT molecular complexity index is 3340. The molecule has 0 saturated carbocycles. The molecule has 544 valence electrons. The van der Waals surface area contributed by atoms with Crippen LogP contribution in [0.4, 0.5) is 11.4 Å². The average molecular weight is 1490 g/mol. The highest BCUT2D eigenvalue weighted by molar-refractivity contribution is 9.10. The second kappa shape index (κ2) is 44.9. The van der Waals surface area contributed by atoms with Gasteiger partial charge in [-0.3, -0.25) is 38.9 Å². The number of halogens is 1. The molecular formula is C73H101BrN6O16S3. The molecule has 6 heterocycles. The first-order valence-electron chi connectivity index (χ1n) is 32.7. The molecule has 3 saturated heterocycles. The Balaban J connectivity index is 0.000000353. The minimum atomic E-state index is -1.43. The Kier molecular flexibility index (Phi) is 39.0. The molecule has 0 amide bonds. The van der Waals surface area contributed by atoms with Gasteiger partial charge < -0.3 is 67.6 Å². The minimum absolute atomic E-state index is 0. The molecule has 1 unspecified atom stereocenters. The molecule has 0 radical (unpaired) electrons. The van der Waals surface area contributed by atoms with Gasteiger partial charge in [-0.25, -0.2) is 0 Å². The van der Waals surface area contributed by atoms with Gasteiger partial charge in [-0.05, 0) is 107 Å². The molecule has 0 spiro atoms. The summed E-state index contributed by atoms with van der Waals surface area (Å²) in [4.78, 5) is 77.4. The number of hydrogen-bond donors (Lipinski definition) is 2. The third-order valence-electron chi connectivity index (χ3n) is 15.9. The molecule has 2 N–H and O–H groups in total. The van der Waals surface area contributed by atoms with Crippen LogP contribution in [-0.4, -0.2) is 154 Å². The number of carboxylic acid groups (broad SMARTS) is 1. The van der Waals surface area contributed by atoms with Crippen molar-refractivity contribution in [2.75, 3.05) is 95.3 Å². The predicted molar refractivity (Wildman–Crippen MR) is 398 cm³/mol. The van der Waals surface area contributed by atoms with Crippen LogP contribution in [0.1, 0.15) is 101 Å². The van der Waals surface area contributed by atoms with Gasteiger partial charge in [0.1, 0.15) is 37.1 Å². The van der Waals surface area contributed by atoms with E-state index in [0.717, 1.165) is 57.1 Å². The lowest BCUT2D eigenvalue weighted by atomic mass is 9.83. The summed E-state index contributed by atoms with van der Waals surface area (Å²) >= 11 is 3.36. The summed E-state index contributed by atoms with van der Waals surface area (Å²) in [5.74, 6) is -1.34. The van der Waals surface area contributed by atoms with E-state index in [1.165, 1.54) is 16.7 Å². The number of pyridine rings is 3. The number of morpholine rings is 3. The lowest BCUT2D eigenvalue weighted by Gasteiger charge is -2.37. The zero-order chi connectivity index (χ0) is 69.5. The van der Waals surface area contributed by atoms with Crippen molar-refractivity contribution in [2.45, 2.75) is 127 Å². The average Bonchev–Trinajstić information content (AvgIpc) is 0.820. The van der Waals surface area contributed by atoms with Crippen molar-refractivity contribution in [1.82, 2.24) is 20.3 Å². The molecule has 0 bridgehead atoms. The van der Waals surface area contributed by atoms with E-state index in [1.807, 2.05) is 36.5 Å². The Hall–Kier alpha value is -7.17. The number of carboxylic acids is 1. The number of hydrogen-bond acceptors (Lipinski definition) is 21. The number of ether oxygens (including phenoxy) is 10. The maximum atomic E-state index is 12.6. The molecule has 3 aliphatic rings. The monoisotopic (exact) mass is 1490 g/mol. The summed E-state index contributed by atoms with van der Waals surface area (Å²) in [6.45, 7) is 25.8. The number of nitrogens with one attached hydrogen (secondary N) is 1. The largest absolute Gasteiger partial charge is 0.487 e. The van der Waals surface area contributed by atoms with Crippen LogP contribution in [0.5, 0.6) is 17.2 Å². The van der Waals surface area contributed by atoms with Crippen molar-refractivity contribution in [3.8, 4) is 17.2 Å². The number of anilines is 2. The number of benzene rings is 3. The highest BCUT2D eigenvalue weighted by Crippen LogP contribution is 2.33. The van der Waals surface area contributed by atoms with Crippen LogP contribution in [-0.2, 0) is 77.0 Å². The van der Waals surface area contributed by atoms with Crippen molar-refractivity contribution in [3.63, 3.8) is 0 Å². The molecule has 99 heavy (non-hydrogen) atoms. The first kappa shape index (κ1) is 86.1. The molecule has 4 atom stereocenters. The first-order valence-corrected chi connectivity index (χ1v) is 33.5. The standard InChI is InChI=1S/C26H34N2O6.C21H26N2O4.C13H12BrNO.C13H23NO5.3H2S/c1-5-31-24(29)26(4,25(30)32-6-2)14-23-17-28(11-12-33-23)21-13-22(16-27-15-21)34-18-20-9-7-19(3)8-10-20;1-15-3-5-17(6-4-15)14-27-19-10-18(11-22-12-19)23-7-8-26-20(13-23)9-16(2)21(24)25;1-10-2-4-11(5-3-10)9-16-13-6-12(14)7-15-8-13;1-4-17-11(15)13(3,12(16)18-5-2)8-10-9-14-6-7-19-10;;;/h7-10,13,15-16,23H,5-6,11-12,14,17-18H2,1-4H3;3-6,10-12,16,20H,7-9,13-14H2,1-2H3,(H,24,25);2-8H,9H2,1H3;10,14H,4-9H2,1-3H3;3*1H2/t23-;16?,20-;;10-;;;/m00.0.../s1. The van der Waals surface area contributed by atoms with E-state index in [9.17, 15) is 24.0 Å². The molecule has 3 aromatic heterocycles. The quantitative estimate of drug-likeness (QED) is 0.0291. The van der Waals surface area contributed by atoms with E-state index in [1.54, 1.807) is 79.5 Å². The summed E-state index contributed by atoms with van der Waals surface area (Å²) in [6, 6.07) is 30.6. The van der Waals surface area contributed by atoms with Gasteiger partial charge in [-0.2, -0.15) is 40.5 Å². The molecule has 9 rings (SSSR count). The number of aromatic nitrogens is 3. The third kappa shape index (κ3) is 28.8. The van der Waals surface area contributed by atoms with Gasteiger partial charge in [-0.1, -0.05) is 96.4 Å². The van der Waals surface area contributed by atoms with E-state index < -0.39 is 46.6 Å². The maximum Gasteiger partial charge on any atom is 0.323 e. The molecule has 3 aromatic carbocycles. The molecule has 22 nitrogen and oxygen atoms in total. The number of nitrogens with zero attached hydrogens (tertiary/aromatic N) is 5. The summed E-state index contributed by atoms with van der Waals surface area (Å²) in [5.41, 5.74) is 6.15. The van der Waals surface area contributed by atoms with E-state index in [-0.39, 0.29) is 98.1 Å². The van der Waals surface area contributed by atoms with Crippen molar-refractivity contribution >= 4 is 97.6 Å². The van der Waals surface area contributed by atoms with Crippen LogP contribution < -0.4 is 29.3 Å². The fraction of sp³-hybridized carbons (Fsp3) is 0.479. The zero-order valence-electron chi connectivity index (χ0n) is 58.6. The number of carbonyl (C=O) groups excluding carboxylic acids is 4. The number of esters is 4. The topological polar surface area (TPSA) is 255 Å². The lowest BCUT2D eigenvalue weighted by Crippen LogP contribution is -2.48. The van der Waals surface area contributed by atoms with E-state index >= 15 is 0 Å². The van der Waals surface area contributed by atoms with Crippen LogP contribution in [0.3, 0.4) is 0 Å². The van der Waals surface area contributed by atoms with E-state index in [2.05, 4.69) is 127 Å². The molecule has 3 aliphatic heterocycles.